The van der Waals surface area contributed by atoms with E-state index in [0.29, 0.717) is 18.7 Å². The minimum Gasteiger partial charge on any atom is -0.398 e. The maximum absolute atomic E-state index is 10.8. The first-order valence-electron chi connectivity index (χ1n) is 12.9. The third kappa shape index (κ3) is 6.32. The largest absolute Gasteiger partial charge is 0.398 e. The summed E-state index contributed by atoms with van der Waals surface area (Å²) in [7, 11) is 0. The number of rotatable bonds is 5. The number of hydrogen-bond acceptors (Lipinski definition) is 7. The lowest BCUT2D eigenvalue weighted by Crippen LogP contribution is -2.37. The molecule has 3 aromatic rings. The van der Waals surface area contributed by atoms with Crippen molar-refractivity contribution < 1.29 is 4.79 Å². The normalized spacial score (nSPS) is 16.8. The number of allylic oxidation sites excluding steroid dienone is 1. The van der Waals surface area contributed by atoms with Crippen molar-refractivity contribution in [2.75, 3.05) is 16.8 Å². The summed E-state index contributed by atoms with van der Waals surface area (Å²) >= 11 is 0. The van der Waals surface area contributed by atoms with Crippen molar-refractivity contribution in [2.24, 2.45) is 11.5 Å². The Labute approximate surface area is 218 Å². The second kappa shape index (κ2) is 11.5. The second-order valence-electron chi connectivity index (χ2n) is 10.3. The van der Waals surface area contributed by atoms with Crippen LogP contribution in [0.25, 0.3) is 16.6 Å². The van der Waals surface area contributed by atoms with Gasteiger partial charge in [-0.3, -0.25) is 4.79 Å². The summed E-state index contributed by atoms with van der Waals surface area (Å²) in [5, 5.41) is 10.9. The van der Waals surface area contributed by atoms with Crippen LogP contribution in [0.5, 0.6) is 0 Å². The molecule has 0 bridgehead atoms. The molecular formula is C29H37N7O. The molecule has 0 saturated heterocycles. The smallest absolute Gasteiger partial charge is 0.211 e. The summed E-state index contributed by atoms with van der Waals surface area (Å²) in [5.41, 5.74) is 18.7. The number of aryl methyl sites for hydroxylation is 1. The van der Waals surface area contributed by atoms with E-state index in [1.165, 1.54) is 49.4 Å². The van der Waals surface area contributed by atoms with Crippen molar-refractivity contribution in [2.45, 2.75) is 64.5 Å². The summed E-state index contributed by atoms with van der Waals surface area (Å²) in [6.07, 6.45) is 12.5. The van der Waals surface area contributed by atoms with Crippen molar-refractivity contribution in [1.82, 2.24) is 9.97 Å². The molecular weight excluding hydrogens is 462 g/mol. The molecule has 37 heavy (non-hydrogen) atoms. The van der Waals surface area contributed by atoms with E-state index in [0.717, 1.165) is 46.5 Å². The van der Waals surface area contributed by atoms with E-state index in [1.54, 1.807) is 12.4 Å². The maximum Gasteiger partial charge on any atom is 0.211 e. The molecule has 1 aromatic heterocycles. The van der Waals surface area contributed by atoms with Crippen LogP contribution < -0.4 is 21.7 Å². The Balaban J connectivity index is 0.000000342. The van der Waals surface area contributed by atoms with E-state index < -0.39 is 0 Å². The number of nitrogens with zero attached hydrogens (tertiary/aromatic N) is 3. The van der Waals surface area contributed by atoms with Crippen LogP contribution in [-0.4, -0.2) is 34.7 Å². The molecule has 1 aliphatic carbocycles. The Hall–Kier alpha value is -3.78. The molecule has 2 aromatic carbocycles. The summed E-state index contributed by atoms with van der Waals surface area (Å²) < 4.78 is 0. The molecule has 2 aliphatic rings. The average Bonchev–Trinajstić information content (AvgIpc) is 2.88. The number of benzene rings is 2. The van der Waals surface area contributed by atoms with Gasteiger partial charge in [0.05, 0.1) is 5.52 Å². The van der Waals surface area contributed by atoms with Gasteiger partial charge in [-0.25, -0.2) is 9.97 Å². The lowest BCUT2D eigenvalue weighted by molar-refractivity contribution is -0.105. The SMILES string of the molecule is CC1(N)CCCCC1.Cc1cc(/C(N)=C/C=N)cc2c(N3CCc4ccc(NC=O)cc4C3)ncnc12. The van der Waals surface area contributed by atoms with Gasteiger partial charge in [-0.1, -0.05) is 25.3 Å². The quantitative estimate of drug-likeness (QED) is 0.297. The van der Waals surface area contributed by atoms with E-state index in [9.17, 15) is 4.79 Å². The standard InChI is InChI=1S/C22H22N6O.C7H15N/c1-14-8-16(20(24)4-6-23)10-19-21(14)25-12-26-22(19)28-7-5-15-2-3-18(27-13-29)9-17(15)11-28;1-7(8)5-3-2-4-6-7/h2-4,6,8-10,12-13,23H,5,7,11,24H2,1H3,(H,27,29);2-6,8H2,1H3/b20-4-,23-6?;. The third-order valence-corrected chi connectivity index (χ3v) is 7.24. The number of amides is 1. The summed E-state index contributed by atoms with van der Waals surface area (Å²) in [6, 6.07) is 9.99. The highest BCUT2D eigenvalue weighted by molar-refractivity contribution is 5.95. The van der Waals surface area contributed by atoms with Gasteiger partial charge in [-0.15, -0.1) is 0 Å². The zero-order valence-corrected chi connectivity index (χ0v) is 21.8. The molecule has 0 spiro atoms. The van der Waals surface area contributed by atoms with Gasteiger partial charge >= 0.3 is 0 Å². The Bertz CT molecular complexity index is 1310. The monoisotopic (exact) mass is 499 g/mol. The third-order valence-electron chi connectivity index (χ3n) is 7.24. The first-order chi connectivity index (χ1) is 17.8. The molecule has 0 unspecified atom stereocenters. The Morgan fingerprint density at radius 2 is 1.92 bits per heavy atom. The molecule has 194 valence electrons. The van der Waals surface area contributed by atoms with Gasteiger partial charge in [0.2, 0.25) is 6.41 Å². The molecule has 6 N–H and O–H groups in total. The van der Waals surface area contributed by atoms with Crippen molar-refractivity contribution in [3.63, 3.8) is 0 Å². The highest BCUT2D eigenvalue weighted by Crippen LogP contribution is 2.32. The molecule has 8 nitrogen and oxygen atoms in total. The van der Waals surface area contributed by atoms with E-state index in [-0.39, 0.29) is 5.54 Å². The molecule has 1 fully saturated rings. The number of fused-ring (bicyclic) bond motifs is 2. The topological polar surface area (TPSA) is 134 Å². The number of anilines is 2. The number of nitrogens with two attached hydrogens (primary N) is 2. The van der Waals surface area contributed by atoms with Crippen LogP contribution in [0, 0.1) is 12.3 Å². The zero-order chi connectivity index (χ0) is 26.4. The van der Waals surface area contributed by atoms with E-state index >= 15 is 0 Å². The lowest BCUT2D eigenvalue weighted by atomic mass is 9.84. The van der Waals surface area contributed by atoms with Crippen molar-refractivity contribution in [1.29, 1.82) is 5.41 Å². The van der Waals surface area contributed by atoms with Crippen LogP contribution in [0.15, 0.2) is 42.7 Å². The summed E-state index contributed by atoms with van der Waals surface area (Å²) in [5.74, 6) is 0.863. The van der Waals surface area contributed by atoms with Gasteiger partial charge in [0, 0.05) is 41.6 Å². The van der Waals surface area contributed by atoms with Gasteiger partial charge in [-0.05, 0) is 85.7 Å². The number of aromatic nitrogens is 2. The molecule has 5 rings (SSSR count). The maximum atomic E-state index is 10.8. The minimum absolute atomic E-state index is 0.179. The Kier molecular flexibility index (Phi) is 8.18. The van der Waals surface area contributed by atoms with Crippen LogP contribution in [0.3, 0.4) is 0 Å². The molecule has 1 amide bonds. The number of nitrogens with one attached hydrogen (secondary N) is 2. The highest BCUT2D eigenvalue weighted by Gasteiger charge is 2.21. The van der Waals surface area contributed by atoms with Crippen LogP contribution in [0.4, 0.5) is 11.5 Å². The van der Waals surface area contributed by atoms with Crippen LogP contribution >= 0.6 is 0 Å². The van der Waals surface area contributed by atoms with Gasteiger partial charge in [0.15, 0.2) is 0 Å². The lowest BCUT2D eigenvalue weighted by Gasteiger charge is -2.31. The second-order valence-corrected chi connectivity index (χ2v) is 10.3. The first kappa shape index (κ1) is 26.3. The fourth-order valence-electron chi connectivity index (χ4n) is 5.19. The van der Waals surface area contributed by atoms with E-state index in [4.69, 9.17) is 16.9 Å². The van der Waals surface area contributed by atoms with Crippen molar-refractivity contribution in [3.05, 3.63) is 65.0 Å². The number of carbonyl (C=O) groups is 1. The fraction of sp³-hybridized carbons (Fsp3) is 0.379. The van der Waals surface area contributed by atoms with Gasteiger partial charge in [-0.2, -0.15) is 0 Å². The molecule has 2 heterocycles. The zero-order valence-electron chi connectivity index (χ0n) is 21.8. The molecule has 1 aliphatic heterocycles. The van der Waals surface area contributed by atoms with Gasteiger partial charge in [0.1, 0.15) is 12.1 Å². The fourth-order valence-corrected chi connectivity index (χ4v) is 5.19. The minimum atomic E-state index is 0.179. The van der Waals surface area contributed by atoms with Crippen LogP contribution in [-0.2, 0) is 17.8 Å². The number of hydrogen-bond donors (Lipinski definition) is 4. The van der Waals surface area contributed by atoms with E-state index in [2.05, 4.69) is 33.2 Å². The molecule has 8 heteroatoms. The predicted octanol–water partition coefficient (Wildman–Crippen LogP) is 4.69. The highest BCUT2D eigenvalue weighted by atomic mass is 16.1. The van der Waals surface area contributed by atoms with Crippen LogP contribution in [0.1, 0.15) is 61.3 Å². The van der Waals surface area contributed by atoms with E-state index in [1.807, 2.05) is 31.2 Å². The van der Waals surface area contributed by atoms with Crippen molar-refractivity contribution in [3.8, 4) is 0 Å². The Morgan fingerprint density at radius 1 is 1.14 bits per heavy atom. The Morgan fingerprint density at radius 3 is 2.59 bits per heavy atom. The summed E-state index contributed by atoms with van der Waals surface area (Å²) in [4.78, 5) is 22.1. The molecule has 0 radical (unpaired) electrons. The van der Waals surface area contributed by atoms with Gasteiger partial charge < -0.3 is 27.1 Å². The summed E-state index contributed by atoms with van der Waals surface area (Å²) in [6.45, 7) is 5.70. The average molecular weight is 500 g/mol. The predicted molar refractivity (Wildman–Crippen MR) is 152 cm³/mol. The molecule has 0 atom stereocenters. The first-order valence-corrected chi connectivity index (χ1v) is 12.9. The molecule has 1 saturated carbocycles. The van der Waals surface area contributed by atoms with Crippen LogP contribution in [0.2, 0.25) is 0 Å². The number of carbonyl (C=O) groups excluding carboxylic acids is 1. The van der Waals surface area contributed by atoms with Crippen molar-refractivity contribution >= 4 is 40.7 Å². The van der Waals surface area contributed by atoms with Gasteiger partial charge in [0.25, 0.3) is 0 Å².